The summed E-state index contributed by atoms with van der Waals surface area (Å²) in [4.78, 5) is 23.9. The quantitative estimate of drug-likeness (QED) is 0.737. The van der Waals surface area contributed by atoms with Gasteiger partial charge < -0.3 is 5.32 Å². The Balaban J connectivity index is 1.89. The highest BCUT2D eigenvalue weighted by Crippen LogP contribution is 2.21. The molecule has 0 spiro atoms. The largest absolute Gasteiger partial charge is 0.322 e. The summed E-state index contributed by atoms with van der Waals surface area (Å²) in [5.41, 5.74) is 1.91. The van der Waals surface area contributed by atoms with Crippen molar-refractivity contribution in [3.63, 3.8) is 0 Å². The first-order chi connectivity index (χ1) is 11.5. The summed E-state index contributed by atoms with van der Waals surface area (Å²) < 4.78 is 1.42. The standard InChI is InChI=1S/C16H12ClN5O2/c1-10(23)11-3-2-4-12(7-11)19-16(24)14-8-13(5-6-15(14)17)22-9-18-20-21-22/h2-9H,1H3,(H,19,24). The van der Waals surface area contributed by atoms with Gasteiger partial charge in [0, 0.05) is 11.3 Å². The predicted molar refractivity (Wildman–Crippen MR) is 88.6 cm³/mol. The van der Waals surface area contributed by atoms with Crippen LogP contribution in [0.15, 0.2) is 48.8 Å². The van der Waals surface area contributed by atoms with E-state index >= 15 is 0 Å². The summed E-state index contributed by atoms with van der Waals surface area (Å²) in [5, 5.41) is 13.9. The van der Waals surface area contributed by atoms with E-state index < -0.39 is 5.91 Å². The number of hydrogen-bond acceptors (Lipinski definition) is 5. The van der Waals surface area contributed by atoms with Crippen molar-refractivity contribution in [3.8, 4) is 5.69 Å². The number of ketones is 1. The molecule has 7 nitrogen and oxygen atoms in total. The van der Waals surface area contributed by atoms with Crippen LogP contribution >= 0.6 is 11.6 Å². The minimum absolute atomic E-state index is 0.0789. The Hall–Kier alpha value is -3.06. The lowest BCUT2D eigenvalue weighted by atomic mass is 10.1. The number of halogens is 1. The zero-order valence-electron chi connectivity index (χ0n) is 12.6. The van der Waals surface area contributed by atoms with Crippen molar-refractivity contribution < 1.29 is 9.59 Å². The van der Waals surface area contributed by atoms with E-state index in [1.807, 2.05) is 0 Å². The molecule has 0 radical (unpaired) electrons. The molecule has 0 bridgehead atoms. The zero-order chi connectivity index (χ0) is 17.1. The van der Waals surface area contributed by atoms with Gasteiger partial charge in [0.1, 0.15) is 6.33 Å². The second-order valence-electron chi connectivity index (χ2n) is 5.01. The molecule has 0 fully saturated rings. The van der Waals surface area contributed by atoms with Crippen molar-refractivity contribution in [1.29, 1.82) is 0 Å². The SMILES string of the molecule is CC(=O)c1cccc(NC(=O)c2cc(-n3cnnn3)ccc2Cl)c1. The van der Waals surface area contributed by atoms with Gasteiger partial charge in [0.25, 0.3) is 5.91 Å². The molecule has 0 saturated heterocycles. The molecule has 1 N–H and O–H groups in total. The minimum atomic E-state index is -0.393. The van der Waals surface area contributed by atoms with Crippen LogP contribution < -0.4 is 5.32 Å². The van der Waals surface area contributed by atoms with Gasteiger partial charge in [-0.1, -0.05) is 23.7 Å². The van der Waals surface area contributed by atoms with E-state index in [2.05, 4.69) is 20.8 Å². The van der Waals surface area contributed by atoms with Gasteiger partial charge in [-0.15, -0.1) is 5.10 Å². The molecule has 1 amide bonds. The van der Waals surface area contributed by atoms with Crippen LogP contribution in [0.25, 0.3) is 5.69 Å². The maximum absolute atomic E-state index is 12.5. The zero-order valence-corrected chi connectivity index (χ0v) is 13.4. The third-order valence-electron chi connectivity index (χ3n) is 3.34. The molecular formula is C16H12ClN5O2. The van der Waals surface area contributed by atoms with Crippen LogP contribution in [0.3, 0.4) is 0 Å². The molecule has 0 aliphatic heterocycles. The van der Waals surface area contributed by atoms with E-state index in [1.165, 1.54) is 17.9 Å². The third kappa shape index (κ3) is 3.31. The van der Waals surface area contributed by atoms with Crippen LogP contribution in [-0.2, 0) is 0 Å². The maximum atomic E-state index is 12.5. The van der Waals surface area contributed by atoms with Gasteiger partial charge in [0.2, 0.25) is 0 Å². The second-order valence-corrected chi connectivity index (χ2v) is 5.42. The topological polar surface area (TPSA) is 89.8 Å². The fourth-order valence-electron chi connectivity index (χ4n) is 2.12. The van der Waals surface area contributed by atoms with Crippen LogP contribution in [0.1, 0.15) is 27.6 Å². The van der Waals surface area contributed by atoms with Crippen LogP contribution in [0.2, 0.25) is 5.02 Å². The number of aromatic nitrogens is 4. The summed E-state index contributed by atoms with van der Waals surface area (Å²) in [6, 6.07) is 11.6. The summed E-state index contributed by atoms with van der Waals surface area (Å²) >= 11 is 6.12. The molecule has 0 saturated carbocycles. The highest BCUT2D eigenvalue weighted by molar-refractivity contribution is 6.34. The van der Waals surface area contributed by atoms with Crippen molar-refractivity contribution >= 4 is 29.0 Å². The number of carbonyl (C=O) groups is 2. The highest BCUT2D eigenvalue weighted by Gasteiger charge is 2.13. The Morgan fingerprint density at radius 1 is 1.17 bits per heavy atom. The fraction of sp³-hybridized carbons (Fsp3) is 0.0625. The van der Waals surface area contributed by atoms with Gasteiger partial charge in [0.15, 0.2) is 5.78 Å². The van der Waals surface area contributed by atoms with Crippen molar-refractivity contribution in [2.45, 2.75) is 6.92 Å². The number of rotatable bonds is 4. The van der Waals surface area contributed by atoms with E-state index in [0.717, 1.165) is 0 Å². The van der Waals surface area contributed by atoms with Gasteiger partial charge in [-0.05, 0) is 47.7 Å². The van der Waals surface area contributed by atoms with E-state index in [0.29, 0.717) is 22.0 Å². The average molecular weight is 342 g/mol. The molecule has 0 unspecified atom stereocenters. The number of benzene rings is 2. The normalized spacial score (nSPS) is 10.4. The fourth-order valence-corrected chi connectivity index (χ4v) is 2.33. The molecule has 0 aliphatic carbocycles. The van der Waals surface area contributed by atoms with Gasteiger partial charge in [0.05, 0.1) is 16.3 Å². The Morgan fingerprint density at radius 2 is 2.00 bits per heavy atom. The number of Topliss-reactive ketones (excluding diaryl/α,β-unsaturated/α-hetero) is 1. The van der Waals surface area contributed by atoms with Crippen LogP contribution in [-0.4, -0.2) is 31.9 Å². The average Bonchev–Trinajstić information content (AvgIpc) is 3.10. The second kappa shape index (κ2) is 6.59. The van der Waals surface area contributed by atoms with Crippen molar-refractivity contribution in [2.75, 3.05) is 5.32 Å². The number of hydrogen-bond donors (Lipinski definition) is 1. The third-order valence-corrected chi connectivity index (χ3v) is 3.66. The lowest BCUT2D eigenvalue weighted by molar-refractivity contribution is 0.101. The highest BCUT2D eigenvalue weighted by atomic mass is 35.5. The van der Waals surface area contributed by atoms with Crippen LogP contribution in [0, 0.1) is 0 Å². The molecular weight excluding hydrogens is 330 g/mol. The number of amides is 1. The Bertz CT molecular complexity index is 909. The first-order valence-corrected chi connectivity index (χ1v) is 7.37. The van der Waals surface area contributed by atoms with E-state index in [-0.39, 0.29) is 11.3 Å². The lowest BCUT2D eigenvalue weighted by Crippen LogP contribution is -2.13. The first-order valence-electron chi connectivity index (χ1n) is 7.00. The Kier molecular flexibility index (Phi) is 4.35. The van der Waals surface area contributed by atoms with Crippen molar-refractivity contribution in [1.82, 2.24) is 20.2 Å². The molecule has 3 aromatic rings. The van der Waals surface area contributed by atoms with Crippen molar-refractivity contribution in [2.24, 2.45) is 0 Å². The monoisotopic (exact) mass is 341 g/mol. The molecule has 0 atom stereocenters. The van der Waals surface area contributed by atoms with E-state index in [1.54, 1.807) is 42.5 Å². The molecule has 1 aromatic heterocycles. The summed E-state index contributed by atoms with van der Waals surface area (Å²) in [7, 11) is 0. The number of nitrogens with zero attached hydrogens (tertiary/aromatic N) is 4. The number of tetrazole rings is 1. The van der Waals surface area contributed by atoms with Crippen LogP contribution in [0.5, 0.6) is 0 Å². The van der Waals surface area contributed by atoms with Crippen LogP contribution in [0.4, 0.5) is 5.69 Å². The number of carbonyl (C=O) groups excluding carboxylic acids is 2. The number of anilines is 1. The first kappa shape index (κ1) is 15.8. The molecule has 8 heteroatoms. The summed E-state index contributed by atoms with van der Waals surface area (Å²) in [5.74, 6) is -0.472. The smallest absolute Gasteiger partial charge is 0.257 e. The Morgan fingerprint density at radius 3 is 2.71 bits per heavy atom. The van der Waals surface area contributed by atoms with Gasteiger partial charge >= 0.3 is 0 Å². The minimum Gasteiger partial charge on any atom is -0.322 e. The molecule has 2 aromatic carbocycles. The summed E-state index contributed by atoms with van der Waals surface area (Å²) in [6.45, 7) is 1.47. The van der Waals surface area contributed by atoms with E-state index in [4.69, 9.17) is 11.6 Å². The van der Waals surface area contributed by atoms with Gasteiger partial charge in [-0.3, -0.25) is 9.59 Å². The number of nitrogens with one attached hydrogen (secondary N) is 1. The molecule has 0 aliphatic rings. The van der Waals surface area contributed by atoms with Gasteiger partial charge in [-0.2, -0.15) is 0 Å². The van der Waals surface area contributed by atoms with Gasteiger partial charge in [-0.25, -0.2) is 4.68 Å². The maximum Gasteiger partial charge on any atom is 0.257 e. The predicted octanol–water partition coefficient (Wildman–Crippen LogP) is 2.77. The van der Waals surface area contributed by atoms with E-state index in [9.17, 15) is 9.59 Å². The summed E-state index contributed by atoms with van der Waals surface area (Å²) in [6.07, 6.45) is 1.42. The molecule has 1 heterocycles. The van der Waals surface area contributed by atoms with Crippen molar-refractivity contribution in [3.05, 3.63) is 64.9 Å². The molecule has 120 valence electrons. The lowest BCUT2D eigenvalue weighted by Gasteiger charge is -2.09. The molecule has 24 heavy (non-hydrogen) atoms. The molecule has 3 rings (SSSR count). The Labute approximate surface area is 142 Å².